The third-order valence-corrected chi connectivity index (χ3v) is 5.23. The van der Waals surface area contributed by atoms with Crippen molar-refractivity contribution in [1.82, 2.24) is 4.90 Å². The number of benzene rings is 2. The number of carbonyl (C=O) groups is 2. The molecule has 0 heterocycles. The molecule has 1 aliphatic rings. The van der Waals surface area contributed by atoms with E-state index < -0.39 is 12.0 Å². The van der Waals surface area contributed by atoms with Crippen molar-refractivity contribution in [2.75, 3.05) is 14.1 Å². The molecule has 32 heavy (non-hydrogen) atoms. The van der Waals surface area contributed by atoms with Crippen molar-refractivity contribution >= 4 is 11.9 Å². The van der Waals surface area contributed by atoms with E-state index in [0.717, 1.165) is 11.1 Å². The molecule has 168 valence electrons. The summed E-state index contributed by atoms with van der Waals surface area (Å²) in [5.74, 6) is -0.0895. The van der Waals surface area contributed by atoms with Crippen LogP contribution in [0.4, 0.5) is 0 Å². The Morgan fingerprint density at radius 2 is 1.59 bits per heavy atom. The molecule has 6 heteroatoms. The van der Waals surface area contributed by atoms with E-state index in [2.05, 4.69) is 0 Å². The SMILES string of the molecule is CN(C)C(=O)C1=CC(C[C@H](N)C(=O)OCc2ccccc2)CC=C1OCc1ccccc1. The molecule has 1 aliphatic carbocycles. The molecule has 2 aromatic rings. The quantitative estimate of drug-likeness (QED) is 0.610. The molecule has 0 fully saturated rings. The van der Waals surface area contributed by atoms with E-state index >= 15 is 0 Å². The molecule has 2 aromatic carbocycles. The number of likely N-dealkylation sites (N-methyl/N-ethyl adjacent to an activating group) is 1. The van der Waals surface area contributed by atoms with Gasteiger partial charge in [0.25, 0.3) is 5.91 Å². The van der Waals surface area contributed by atoms with Crippen molar-refractivity contribution < 1.29 is 19.1 Å². The van der Waals surface area contributed by atoms with Crippen LogP contribution in [-0.2, 0) is 32.3 Å². The van der Waals surface area contributed by atoms with Crippen LogP contribution in [-0.4, -0.2) is 36.9 Å². The normalized spacial score (nSPS) is 16.4. The topological polar surface area (TPSA) is 81.9 Å². The van der Waals surface area contributed by atoms with Gasteiger partial charge in [-0.05, 0) is 36.0 Å². The summed E-state index contributed by atoms with van der Waals surface area (Å²) in [5, 5.41) is 0. The smallest absolute Gasteiger partial charge is 0.323 e. The summed E-state index contributed by atoms with van der Waals surface area (Å²) >= 11 is 0. The Bertz CT molecular complexity index is 968. The maximum absolute atomic E-state index is 12.8. The van der Waals surface area contributed by atoms with Crippen LogP contribution in [0.3, 0.4) is 0 Å². The van der Waals surface area contributed by atoms with Crippen LogP contribution in [0.2, 0.25) is 0 Å². The number of ether oxygens (including phenoxy) is 2. The Hall–Kier alpha value is -3.38. The van der Waals surface area contributed by atoms with Gasteiger partial charge in [-0.25, -0.2) is 0 Å². The highest BCUT2D eigenvalue weighted by atomic mass is 16.5. The summed E-state index contributed by atoms with van der Waals surface area (Å²) in [4.78, 5) is 26.6. The van der Waals surface area contributed by atoms with Crippen LogP contribution in [0, 0.1) is 5.92 Å². The van der Waals surface area contributed by atoms with Gasteiger partial charge in [0, 0.05) is 14.1 Å². The molecule has 6 nitrogen and oxygen atoms in total. The second kappa shape index (κ2) is 11.3. The second-order valence-electron chi connectivity index (χ2n) is 8.05. The molecule has 1 amide bonds. The highest BCUT2D eigenvalue weighted by Gasteiger charge is 2.27. The minimum Gasteiger partial charge on any atom is -0.488 e. The first-order valence-corrected chi connectivity index (χ1v) is 10.7. The first-order chi connectivity index (χ1) is 15.4. The van der Waals surface area contributed by atoms with Crippen LogP contribution in [0.1, 0.15) is 24.0 Å². The molecular weight excluding hydrogens is 404 g/mol. The van der Waals surface area contributed by atoms with Gasteiger partial charge in [-0.3, -0.25) is 9.59 Å². The maximum atomic E-state index is 12.8. The molecule has 3 rings (SSSR count). The zero-order valence-electron chi connectivity index (χ0n) is 18.6. The zero-order valence-corrected chi connectivity index (χ0v) is 18.6. The predicted molar refractivity (Wildman–Crippen MR) is 123 cm³/mol. The summed E-state index contributed by atoms with van der Waals surface area (Å²) in [6.45, 7) is 0.566. The van der Waals surface area contributed by atoms with Gasteiger partial charge in [0.15, 0.2) is 0 Å². The summed E-state index contributed by atoms with van der Waals surface area (Å²) < 4.78 is 11.3. The largest absolute Gasteiger partial charge is 0.488 e. The van der Waals surface area contributed by atoms with Crippen LogP contribution < -0.4 is 5.73 Å². The van der Waals surface area contributed by atoms with Crippen LogP contribution in [0.25, 0.3) is 0 Å². The van der Waals surface area contributed by atoms with Gasteiger partial charge in [-0.15, -0.1) is 0 Å². The van der Waals surface area contributed by atoms with Crippen molar-refractivity contribution in [1.29, 1.82) is 0 Å². The molecule has 0 aromatic heterocycles. The Kier molecular flexibility index (Phi) is 8.22. The van der Waals surface area contributed by atoms with E-state index in [9.17, 15) is 9.59 Å². The molecule has 0 saturated heterocycles. The number of esters is 1. The molecule has 0 aliphatic heterocycles. The van der Waals surface area contributed by atoms with Crippen molar-refractivity contribution in [2.45, 2.75) is 32.1 Å². The molecular formula is C26H30N2O4. The third-order valence-electron chi connectivity index (χ3n) is 5.23. The lowest BCUT2D eigenvalue weighted by molar-refractivity contribution is -0.146. The predicted octanol–water partition coefficient (Wildman–Crippen LogP) is 3.58. The fraction of sp³-hybridized carbons (Fsp3) is 0.308. The molecule has 1 unspecified atom stereocenters. The standard InChI is InChI=1S/C26H30N2O4/c1-28(2)25(29)22-15-21(13-14-24(22)31-17-19-9-5-3-6-10-19)16-23(27)26(30)32-18-20-11-7-4-8-12-20/h3-12,14-15,21,23H,13,16-18,27H2,1-2H3/t21?,23-/m0/s1. The molecule has 0 spiro atoms. The lowest BCUT2D eigenvalue weighted by Gasteiger charge is -2.25. The number of allylic oxidation sites excluding steroid dienone is 2. The van der Waals surface area contributed by atoms with E-state index in [1.165, 1.54) is 4.90 Å². The number of carbonyl (C=O) groups excluding carboxylic acids is 2. The first kappa shape index (κ1) is 23.3. The first-order valence-electron chi connectivity index (χ1n) is 10.7. The fourth-order valence-electron chi connectivity index (χ4n) is 3.47. The highest BCUT2D eigenvalue weighted by Crippen LogP contribution is 2.28. The number of nitrogens with two attached hydrogens (primary N) is 1. The van der Waals surface area contributed by atoms with Crippen LogP contribution >= 0.6 is 0 Å². The van der Waals surface area contributed by atoms with Gasteiger partial charge < -0.3 is 20.1 Å². The minimum absolute atomic E-state index is 0.0581. The van der Waals surface area contributed by atoms with Crippen LogP contribution in [0.15, 0.2) is 84.1 Å². The van der Waals surface area contributed by atoms with E-state index in [0.29, 0.717) is 30.8 Å². The van der Waals surface area contributed by atoms with Crippen molar-refractivity contribution in [3.05, 3.63) is 95.3 Å². The molecule has 0 radical (unpaired) electrons. The lowest BCUT2D eigenvalue weighted by Crippen LogP contribution is -2.35. The average molecular weight is 435 g/mol. The second-order valence-corrected chi connectivity index (χ2v) is 8.05. The molecule has 2 N–H and O–H groups in total. The van der Waals surface area contributed by atoms with Gasteiger partial charge in [0.1, 0.15) is 25.0 Å². The molecule has 0 saturated carbocycles. The Labute approximate surface area is 189 Å². The third kappa shape index (κ3) is 6.56. The minimum atomic E-state index is -0.768. The fourth-order valence-corrected chi connectivity index (χ4v) is 3.47. The lowest BCUT2D eigenvalue weighted by atomic mass is 9.89. The Balaban J connectivity index is 1.61. The highest BCUT2D eigenvalue weighted by molar-refractivity contribution is 5.97. The Morgan fingerprint density at radius 1 is 1.00 bits per heavy atom. The van der Waals surface area contributed by atoms with Gasteiger partial charge in [-0.2, -0.15) is 0 Å². The van der Waals surface area contributed by atoms with E-state index in [-0.39, 0.29) is 18.4 Å². The number of nitrogens with zero attached hydrogens (tertiary/aromatic N) is 1. The zero-order chi connectivity index (χ0) is 22.9. The van der Waals surface area contributed by atoms with Crippen molar-refractivity contribution in [3.63, 3.8) is 0 Å². The van der Waals surface area contributed by atoms with Crippen molar-refractivity contribution in [2.24, 2.45) is 11.7 Å². The molecule has 2 atom stereocenters. The summed E-state index contributed by atoms with van der Waals surface area (Å²) in [6.07, 6.45) is 4.80. The Morgan fingerprint density at radius 3 is 2.19 bits per heavy atom. The molecule has 0 bridgehead atoms. The van der Waals surface area contributed by atoms with Crippen molar-refractivity contribution in [3.8, 4) is 0 Å². The summed E-state index contributed by atoms with van der Waals surface area (Å²) in [7, 11) is 3.41. The van der Waals surface area contributed by atoms with Gasteiger partial charge in [0.05, 0.1) is 5.57 Å². The van der Waals surface area contributed by atoms with Gasteiger partial charge in [-0.1, -0.05) is 66.7 Å². The number of hydrogen-bond donors (Lipinski definition) is 1. The van der Waals surface area contributed by atoms with Crippen LogP contribution in [0.5, 0.6) is 0 Å². The summed E-state index contributed by atoms with van der Waals surface area (Å²) in [6, 6.07) is 18.5. The average Bonchev–Trinajstić information content (AvgIpc) is 2.82. The van der Waals surface area contributed by atoms with E-state index in [4.69, 9.17) is 15.2 Å². The number of hydrogen-bond acceptors (Lipinski definition) is 5. The number of rotatable bonds is 9. The van der Waals surface area contributed by atoms with E-state index in [1.54, 1.807) is 14.1 Å². The number of amides is 1. The monoisotopic (exact) mass is 434 g/mol. The van der Waals surface area contributed by atoms with Gasteiger partial charge >= 0.3 is 5.97 Å². The van der Waals surface area contributed by atoms with E-state index in [1.807, 2.05) is 72.8 Å². The van der Waals surface area contributed by atoms with Gasteiger partial charge in [0.2, 0.25) is 0 Å². The maximum Gasteiger partial charge on any atom is 0.323 e. The summed E-state index contributed by atoms with van der Waals surface area (Å²) in [5.41, 5.74) is 8.54.